The van der Waals surface area contributed by atoms with E-state index < -0.39 is 5.97 Å². The molecule has 0 bridgehead atoms. The van der Waals surface area contributed by atoms with Crippen molar-refractivity contribution < 1.29 is 23.9 Å². The lowest BCUT2D eigenvalue weighted by atomic mass is 9.88. The minimum atomic E-state index is -0.461. The van der Waals surface area contributed by atoms with Gasteiger partial charge in [-0.05, 0) is 37.0 Å². The van der Waals surface area contributed by atoms with Gasteiger partial charge in [0.2, 0.25) is 5.91 Å². The summed E-state index contributed by atoms with van der Waals surface area (Å²) in [6, 6.07) is 19.8. The van der Waals surface area contributed by atoms with Crippen molar-refractivity contribution in [1.82, 2.24) is 4.90 Å². The molecule has 36 heavy (non-hydrogen) atoms. The number of ether oxygens (including phenoxy) is 2. The minimum Gasteiger partial charge on any atom is -0.462 e. The maximum Gasteiger partial charge on any atom is 0.410 e. The highest BCUT2D eigenvalue weighted by atomic mass is 32.1. The number of thiophene rings is 1. The second-order valence-corrected chi connectivity index (χ2v) is 9.53. The molecule has 2 amide bonds. The SMILES string of the molecule is CCOC(=O)c1c(NC(=O)CC(c2ccccc2)c2ccccc2)sc2c1CCN(C(=O)OCC)C2. The lowest BCUT2D eigenvalue weighted by molar-refractivity contribution is -0.116. The molecule has 0 fully saturated rings. The number of nitrogens with one attached hydrogen (secondary N) is 1. The van der Waals surface area contributed by atoms with E-state index in [4.69, 9.17) is 9.47 Å². The van der Waals surface area contributed by atoms with E-state index in [0.717, 1.165) is 21.6 Å². The van der Waals surface area contributed by atoms with Crippen LogP contribution < -0.4 is 5.32 Å². The summed E-state index contributed by atoms with van der Waals surface area (Å²) >= 11 is 1.32. The van der Waals surface area contributed by atoms with E-state index in [1.54, 1.807) is 18.7 Å². The predicted octanol–water partition coefficient (Wildman–Crippen LogP) is 5.60. The van der Waals surface area contributed by atoms with Gasteiger partial charge in [0.15, 0.2) is 0 Å². The van der Waals surface area contributed by atoms with Crippen molar-refractivity contribution in [3.05, 3.63) is 87.8 Å². The number of hydrogen-bond donors (Lipinski definition) is 1. The molecule has 1 aliphatic heterocycles. The van der Waals surface area contributed by atoms with Crippen molar-refractivity contribution in [2.75, 3.05) is 25.1 Å². The summed E-state index contributed by atoms with van der Waals surface area (Å²) in [6.45, 7) is 4.82. The first-order chi connectivity index (χ1) is 17.5. The molecule has 3 aromatic rings. The first-order valence-corrected chi connectivity index (χ1v) is 13.0. The van der Waals surface area contributed by atoms with Gasteiger partial charge in [-0.2, -0.15) is 0 Å². The molecule has 1 aromatic heterocycles. The lowest BCUT2D eigenvalue weighted by Crippen LogP contribution is -2.36. The fourth-order valence-electron chi connectivity index (χ4n) is 4.44. The van der Waals surface area contributed by atoms with E-state index in [-0.39, 0.29) is 30.9 Å². The third-order valence-electron chi connectivity index (χ3n) is 6.11. The van der Waals surface area contributed by atoms with Gasteiger partial charge in [0.25, 0.3) is 0 Å². The number of carbonyl (C=O) groups is 3. The zero-order valence-corrected chi connectivity index (χ0v) is 21.3. The highest BCUT2D eigenvalue weighted by Gasteiger charge is 2.32. The van der Waals surface area contributed by atoms with Crippen molar-refractivity contribution in [2.24, 2.45) is 0 Å². The number of amides is 2. The molecule has 2 aromatic carbocycles. The van der Waals surface area contributed by atoms with Crippen LogP contribution >= 0.6 is 11.3 Å². The Morgan fingerprint density at radius 1 is 0.944 bits per heavy atom. The van der Waals surface area contributed by atoms with Crippen LogP contribution in [0.25, 0.3) is 0 Å². The van der Waals surface area contributed by atoms with Crippen LogP contribution in [0.4, 0.5) is 9.80 Å². The van der Waals surface area contributed by atoms with Crippen molar-refractivity contribution >= 4 is 34.3 Å². The number of rotatable bonds is 8. The van der Waals surface area contributed by atoms with E-state index in [0.29, 0.717) is 36.7 Å². The molecule has 0 radical (unpaired) electrons. The van der Waals surface area contributed by atoms with Gasteiger partial charge in [0, 0.05) is 23.8 Å². The maximum absolute atomic E-state index is 13.3. The summed E-state index contributed by atoms with van der Waals surface area (Å²) in [6.07, 6.45) is 0.326. The Labute approximate surface area is 215 Å². The van der Waals surface area contributed by atoms with Gasteiger partial charge in [0.05, 0.1) is 25.3 Å². The summed E-state index contributed by atoms with van der Waals surface area (Å²) in [7, 11) is 0. The Morgan fingerprint density at radius 3 is 2.14 bits per heavy atom. The van der Waals surface area contributed by atoms with Gasteiger partial charge in [-0.15, -0.1) is 11.3 Å². The van der Waals surface area contributed by atoms with E-state index >= 15 is 0 Å². The minimum absolute atomic E-state index is 0.132. The number of anilines is 1. The molecule has 0 atom stereocenters. The quantitative estimate of drug-likeness (QED) is 0.402. The molecule has 4 rings (SSSR count). The van der Waals surface area contributed by atoms with Crippen LogP contribution in [0.2, 0.25) is 0 Å². The van der Waals surface area contributed by atoms with Crippen LogP contribution in [0.1, 0.15) is 58.1 Å². The largest absolute Gasteiger partial charge is 0.462 e. The number of carbonyl (C=O) groups excluding carboxylic acids is 3. The van der Waals surface area contributed by atoms with Crippen LogP contribution in [0, 0.1) is 0 Å². The number of hydrogen-bond acceptors (Lipinski definition) is 6. The number of fused-ring (bicyclic) bond motifs is 1. The highest BCUT2D eigenvalue weighted by Crippen LogP contribution is 2.38. The van der Waals surface area contributed by atoms with E-state index in [9.17, 15) is 14.4 Å². The average molecular weight is 507 g/mol. The van der Waals surface area contributed by atoms with Crippen LogP contribution in [-0.4, -0.2) is 42.6 Å². The summed E-state index contributed by atoms with van der Waals surface area (Å²) < 4.78 is 10.5. The second-order valence-electron chi connectivity index (χ2n) is 8.43. The molecular formula is C28H30N2O5S. The van der Waals surface area contributed by atoms with Gasteiger partial charge in [-0.25, -0.2) is 9.59 Å². The maximum atomic E-state index is 13.3. The van der Waals surface area contributed by atoms with Crippen molar-refractivity contribution in [1.29, 1.82) is 0 Å². The summed E-state index contributed by atoms with van der Waals surface area (Å²) in [5.41, 5.74) is 3.31. The van der Waals surface area contributed by atoms with E-state index in [2.05, 4.69) is 5.32 Å². The van der Waals surface area contributed by atoms with Crippen LogP contribution in [0.3, 0.4) is 0 Å². The normalized spacial score (nSPS) is 12.7. The van der Waals surface area contributed by atoms with Gasteiger partial charge >= 0.3 is 12.1 Å². The molecule has 1 N–H and O–H groups in total. The summed E-state index contributed by atoms with van der Waals surface area (Å²) in [5, 5.41) is 3.46. The van der Waals surface area contributed by atoms with Crippen molar-refractivity contribution in [3.8, 4) is 0 Å². The fraction of sp³-hybridized carbons (Fsp3) is 0.321. The highest BCUT2D eigenvalue weighted by molar-refractivity contribution is 7.17. The number of nitrogens with zero attached hydrogens (tertiary/aromatic N) is 1. The zero-order valence-electron chi connectivity index (χ0n) is 20.5. The average Bonchev–Trinajstić information content (AvgIpc) is 3.25. The summed E-state index contributed by atoms with van der Waals surface area (Å²) in [5.74, 6) is -0.788. The lowest BCUT2D eigenvalue weighted by Gasteiger charge is -2.26. The third-order valence-corrected chi connectivity index (χ3v) is 7.24. The number of esters is 1. The molecule has 2 heterocycles. The zero-order chi connectivity index (χ0) is 25.5. The van der Waals surface area contributed by atoms with Gasteiger partial charge in [-0.1, -0.05) is 60.7 Å². The first kappa shape index (κ1) is 25.4. The van der Waals surface area contributed by atoms with Gasteiger partial charge < -0.3 is 19.7 Å². The molecule has 7 nitrogen and oxygen atoms in total. The monoisotopic (exact) mass is 506 g/mol. The Bertz CT molecular complexity index is 1170. The standard InChI is InChI=1S/C28H30N2O5S/c1-3-34-27(32)25-21-15-16-30(28(33)35-4-2)18-23(21)36-26(25)29-24(31)17-22(19-11-7-5-8-12-19)20-13-9-6-10-14-20/h5-14,22H,3-4,15-18H2,1-2H3,(H,29,31). The molecule has 0 saturated heterocycles. The Kier molecular flexibility index (Phi) is 8.38. The third kappa shape index (κ3) is 5.76. The van der Waals surface area contributed by atoms with Crippen molar-refractivity contribution in [2.45, 2.75) is 39.2 Å². The molecule has 0 spiro atoms. The molecule has 0 unspecified atom stereocenters. The number of benzene rings is 2. The van der Waals surface area contributed by atoms with E-state index in [1.165, 1.54) is 11.3 Å². The topological polar surface area (TPSA) is 84.9 Å². The molecule has 8 heteroatoms. The Hall–Kier alpha value is -3.65. The van der Waals surface area contributed by atoms with Gasteiger partial charge in [0.1, 0.15) is 5.00 Å². The molecule has 188 valence electrons. The fourth-order valence-corrected chi connectivity index (χ4v) is 5.71. The summed E-state index contributed by atoms with van der Waals surface area (Å²) in [4.78, 5) is 40.9. The smallest absolute Gasteiger partial charge is 0.410 e. The predicted molar refractivity (Wildman–Crippen MR) is 139 cm³/mol. The molecule has 1 aliphatic rings. The Balaban J connectivity index is 1.60. The molecular weight excluding hydrogens is 476 g/mol. The molecule has 0 aliphatic carbocycles. The molecule has 0 saturated carbocycles. The van der Waals surface area contributed by atoms with Crippen LogP contribution in [0.15, 0.2) is 60.7 Å². The van der Waals surface area contributed by atoms with Crippen LogP contribution in [-0.2, 0) is 27.2 Å². The first-order valence-electron chi connectivity index (χ1n) is 12.1. The van der Waals surface area contributed by atoms with Gasteiger partial charge in [-0.3, -0.25) is 4.79 Å². The van der Waals surface area contributed by atoms with Crippen molar-refractivity contribution in [3.63, 3.8) is 0 Å². The second kappa shape index (κ2) is 11.9. The Morgan fingerprint density at radius 2 is 1.56 bits per heavy atom. The van der Waals surface area contributed by atoms with Crippen LogP contribution in [0.5, 0.6) is 0 Å². The van der Waals surface area contributed by atoms with E-state index in [1.807, 2.05) is 60.7 Å².